The fraction of sp³-hybridized carbons (Fsp3) is 0.842. The molecule has 19 heteroatoms. The molecular weight excluding hydrogens is 760 g/mol. The third kappa shape index (κ3) is 18.8. The van der Waals surface area contributed by atoms with Crippen molar-refractivity contribution < 1.29 is 91.1 Å². The molecule has 57 heavy (non-hydrogen) atoms. The largest absolute Gasteiger partial charge is 0.469 e. The van der Waals surface area contributed by atoms with Crippen molar-refractivity contribution in [2.45, 2.75) is 97.4 Å². The maximum atomic E-state index is 13.7. The van der Waals surface area contributed by atoms with Gasteiger partial charge in [0.25, 0.3) is 0 Å². The second-order valence-electron chi connectivity index (χ2n) is 15.0. The summed E-state index contributed by atoms with van der Waals surface area (Å²) in [4.78, 5) is 78.8. The first kappa shape index (κ1) is 49.7. The zero-order valence-corrected chi connectivity index (χ0v) is 34.3. The number of carbonyl (C=O) groups excluding carboxylic acids is 6. The molecule has 0 aromatic carbocycles. The molecule has 0 aromatic rings. The lowest BCUT2D eigenvalue weighted by atomic mass is 9.86. The minimum Gasteiger partial charge on any atom is -0.469 e. The van der Waals surface area contributed by atoms with Crippen molar-refractivity contribution in [2.75, 3.05) is 80.3 Å². The Labute approximate surface area is 333 Å². The van der Waals surface area contributed by atoms with Crippen LogP contribution in [0.1, 0.15) is 60.8 Å². The molecule has 0 aliphatic carbocycles. The van der Waals surface area contributed by atoms with Gasteiger partial charge in [0, 0.05) is 5.41 Å². The van der Waals surface area contributed by atoms with Gasteiger partial charge in [-0.1, -0.05) is 20.8 Å². The highest BCUT2D eigenvalue weighted by atomic mass is 16.6. The molecule has 0 amide bonds. The van der Waals surface area contributed by atoms with Gasteiger partial charge in [0.2, 0.25) is 6.10 Å². The number of epoxide rings is 2. The maximum absolute atomic E-state index is 13.7. The zero-order valence-electron chi connectivity index (χ0n) is 34.3. The van der Waals surface area contributed by atoms with Crippen LogP contribution in [0, 0.1) is 29.1 Å². The van der Waals surface area contributed by atoms with Crippen LogP contribution in [0.5, 0.6) is 0 Å². The number of esters is 6. The summed E-state index contributed by atoms with van der Waals surface area (Å²) in [5.74, 6) is -12.0. The van der Waals surface area contributed by atoms with Crippen molar-refractivity contribution in [1.29, 1.82) is 0 Å². The summed E-state index contributed by atoms with van der Waals surface area (Å²) < 4.78 is 58.7. The summed E-state index contributed by atoms with van der Waals surface area (Å²) in [5, 5.41) is 20.6. The molecule has 2 N–H and O–H groups in total. The minimum atomic E-state index is -1.81. The van der Waals surface area contributed by atoms with E-state index in [1.807, 2.05) is 6.92 Å². The smallest absolute Gasteiger partial charge is 0.348 e. The van der Waals surface area contributed by atoms with E-state index in [2.05, 4.69) is 0 Å². The Kier molecular flexibility index (Phi) is 21.9. The van der Waals surface area contributed by atoms with E-state index in [0.29, 0.717) is 46.1 Å². The summed E-state index contributed by atoms with van der Waals surface area (Å²) in [5.41, 5.74) is -0.574. The molecule has 2 fully saturated rings. The molecule has 8 unspecified atom stereocenters. The number of hydrogen-bond acceptors (Lipinski definition) is 19. The molecule has 2 rings (SSSR count). The zero-order chi connectivity index (χ0) is 42.7. The molecule has 328 valence electrons. The number of carbonyl (C=O) groups is 6. The Hall–Kier alpha value is -3.46. The fourth-order valence-electron chi connectivity index (χ4n) is 5.53. The highest BCUT2D eigenvalue weighted by Gasteiger charge is 2.44. The molecule has 0 aromatic heterocycles. The van der Waals surface area contributed by atoms with Crippen LogP contribution in [0.25, 0.3) is 0 Å². The lowest BCUT2D eigenvalue weighted by Gasteiger charge is -2.32. The number of methoxy groups -OCH3 is 2. The van der Waals surface area contributed by atoms with E-state index >= 15 is 0 Å². The second-order valence-corrected chi connectivity index (χ2v) is 15.0. The van der Waals surface area contributed by atoms with Crippen molar-refractivity contribution in [3.05, 3.63) is 0 Å². The Bertz CT molecular complexity index is 1260. The molecule has 0 radical (unpaired) electrons. The van der Waals surface area contributed by atoms with Gasteiger partial charge in [-0.25, -0.2) is 4.79 Å². The van der Waals surface area contributed by atoms with E-state index in [1.54, 1.807) is 27.7 Å². The fourth-order valence-corrected chi connectivity index (χ4v) is 5.53. The van der Waals surface area contributed by atoms with Crippen molar-refractivity contribution in [1.82, 2.24) is 0 Å². The van der Waals surface area contributed by atoms with Gasteiger partial charge in [-0.05, 0) is 33.1 Å². The molecule has 0 spiro atoms. The molecule has 2 aliphatic heterocycles. The molecule has 0 saturated carbocycles. The van der Waals surface area contributed by atoms with Crippen LogP contribution in [0.3, 0.4) is 0 Å². The van der Waals surface area contributed by atoms with Crippen LogP contribution in [-0.2, 0) is 80.9 Å². The van der Waals surface area contributed by atoms with Crippen LogP contribution >= 0.6 is 0 Å². The molecule has 0 bridgehead atoms. The van der Waals surface area contributed by atoms with Crippen LogP contribution < -0.4 is 0 Å². The van der Waals surface area contributed by atoms with Crippen molar-refractivity contribution in [3.63, 3.8) is 0 Å². The Morgan fingerprint density at radius 1 is 0.667 bits per heavy atom. The number of hydrogen-bond donors (Lipinski definition) is 2. The maximum Gasteiger partial charge on any atom is 0.348 e. The number of aliphatic hydroxyl groups excluding tert-OH is 2. The predicted octanol–water partition coefficient (Wildman–Crippen LogP) is 0.553. The number of rotatable bonds is 30. The summed E-state index contributed by atoms with van der Waals surface area (Å²) in [6.07, 6.45) is -5.96. The monoisotopic (exact) mass is 822 g/mol. The predicted molar refractivity (Wildman–Crippen MR) is 194 cm³/mol. The average molecular weight is 823 g/mol. The van der Waals surface area contributed by atoms with Gasteiger partial charge >= 0.3 is 35.8 Å². The molecule has 2 heterocycles. The van der Waals surface area contributed by atoms with Gasteiger partial charge in [0.05, 0.1) is 104 Å². The van der Waals surface area contributed by atoms with E-state index < -0.39 is 115 Å². The quantitative estimate of drug-likeness (QED) is 0.0570. The van der Waals surface area contributed by atoms with E-state index in [0.717, 1.165) is 14.2 Å². The van der Waals surface area contributed by atoms with Crippen LogP contribution in [0.4, 0.5) is 0 Å². The average Bonchev–Trinajstić information content (AvgIpc) is 4.10. The molecular formula is C38H62O19. The number of aliphatic hydroxyl groups is 2. The second kappa shape index (κ2) is 25.1. The van der Waals surface area contributed by atoms with Crippen molar-refractivity contribution >= 4 is 35.8 Å². The molecule has 19 nitrogen and oxygen atoms in total. The highest BCUT2D eigenvalue weighted by molar-refractivity contribution is 5.90. The van der Waals surface area contributed by atoms with Gasteiger partial charge < -0.3 is 62.3 Å². The first-order valence-corrected chi connectivity index (χ1v) is 19.2. The van der Waals surface area contributed by atoms with Gasteiger partial charge in [0.1, 0.15) is 37.4 Å². The van der Waals surface area contributed by atoms with Gasteiger partial charge in [-0.3, -0.25) is 24.0 Å². The molecule has 8 atom stereocenters. The van der Waals surface area contributed by atoms with E-state index in [9.17, 15) is 39.0 Å². The van der Waals surface area contributed by atoms with E-state index in [4.69, 9.17) is 52.1 Å². The SMILES string of the molecule is CCC(COCC(O)COC(=O)C(CC(=O)OC(C)C)C(CC(=O)OC(C(=O)OC)C(C(=O)OC)C(C)C)C(=O)OCC(C)O)(COCC1CO1)COCC1CO1. The first-order valence-electron chi connectivity index (χ1n) is 19.2. The van der Waals surface area contributed by atoms with Gasteiger partial charge in [-0.2, -0.15) is 0 Å². The minimum absolute atomic E-state index is 0.0553. The summed E-state index contributed by atoms with van der Waals surface area (Å²) in [6.45, 7) is 10.9. The third-order valence-corrected chi connectivity index (χ3v) is 9.02. The lowest BCUT2D eigenvalue weighted by Crippen LogP contribution is -2.44. The van der Waals surface area contributed by atoms with Crippen molar-refractivity contribution in [2.24, 2.45) is 29.1 Å². The summed E-state index contributed by atoms with van der Waals surface area (Å²) >= 11 is 0. The van der Waals surface area contributed by atoms with Crippen LogP contribution in [0.15, 0.2) is 0 Å². The first-order chi connectivity index (χ1) is 26.9. The van der Waals surface area contributed by atoms with E-state index in [-0.39, 0.29) is 25.4 Å². The number of ether oxygens (including phenoxy) is 11. The molecule has 2 saturated heterocycles. The lowest BCUT2D eigenvalue weighted by molar-refractivity contribution is -0.180. The van der Waals surface area contributed by atoms with Gasteiger partial charge in [-0.15, -0.1) is 0 Å². The Morgan fingerprint density at radius 3 is 1.56 bits per heavy atom. The van der Waals surface area contributed by atoms with Gasteiger partial charge in [0.15, 0.2) is 0 Å². The van der Waals surface area contributed by atoms with Crippen molar-refractivity contribution in [3.8, 4) is 0 Å². The third-order valence-electron chi connectivity index (χ3n) is 9.02. The standard InChI is InChI=1S/C38H62O19/c1-9-38(20-50-15-26-17-52-26,21-51-16-27-18-53-27)19-49-13-25(40)14-55-35(44)28(10-30(41)56-23(4)5)29(34(43)54-12-24(6)39)11-31(42)57-33(37(46)48-8)32(22(2)3)36(45)47-7/h22-29,32-33,39-40H,9-21H2,1-8H3. The summed E-state index contributed by atoms with van der Waals surface area (Å²) in [6, 6.07) is 0. The summed E-state index contributed by atoms with van der Waals surface area (Å²) in [7, 11) is 2.10. The Balaban J connectivity index is 2.24. The molecule has 2 aliphatic rings. The van der Waals surface area contributed by atoms with E-state index in [1.165, 1.54) is 6.92 Å². The Morgan fingerprint density at radius 2 is 1.14 bits per heavy atom. The highest BCUT2D eigenvalue weighted by Crippen LogP contribution is 2.29. The topological polar surface area (TPSA) is 251 Å². The normalized spacial score (nSPS) is 20.2. The van der Waals surface area contributed by atoms with Crippen LogP contribution in [-0.4, -0.2) is 163 Å². The van der Waals surface area contributed by atoms with Crippen LogP contribution in [0.2, 0.25) is 0 Å².